The van der Waals surface area contributed by atoms with Crippen LogP contribution in [0.25, 0.3) is 11.3 Å². The zero-order valence-corrected chi connectivity index (χ0v) is 16.3. The standard InChI is InChI=1S/C19H15ClFN3O3S/c1-2-15(27-18(26)12-7-8-22-16(20)9-12)17(25)24-19-23-14(10-28-19)11-3-5-13(21)6-4-11/h3-10,15H,2H2,1H3,(H,23,24,25). The Bertz CT molecular complexity index is 994. The van der Waals surface area contributed by atoms with E-state index in [1.165, 1.54) is 41.8 Å². The highest BCUT2D eigenvalue weighted by molar-refractivity contribution is 7.14. The van der Waals surface area contributed by atoms with E-state index in [0.29, 0.717) is 10.8 Å². The Balaban J connectivity index is 1.65. The molecule has 0 saturated carbocycles. The van der Waals surface area contributed by atoms with Crippen molar-refractivity contribution in [2.45, 2.75) is 19.4 Å². The Kier molecular flexibility index (Phi) is 6.33. The van der Waals surface area contributed by atoms with Gasteiger partial charge in [-0.15, -0.1) is 11.3 Å². The molecule has 0 spiro atoms. The summed E-state index contributed by atoms with van der Waals surface area (Å²) in [6.45, 7) is 1.73. The summed E-state index contributed by atoms with van der Waals surface area (Å²) >= 11 is 6.98. The van der Waals surface area contributed by atoms with Crippen molar-refractivity contribution in [2.75, 3.05) is 5.32 Å². The van der Waals surface area contributed by atoms with Gasteiger partial charge in [-0.3, -0.25) is 10.1 Å². The predicted molar refractivity (Wildman–Crippen MR) is 105 cm³/mol. The number of hydrogen-bond acceptors (Lipinski definition) is 6. The van der Waals surface area contributed by atoms with Gasteiger partial charge in [0.15, 0.2) is 11.2 Å². The van der Waals surface area contributed by atoms with Crippen molar-refractivity contribution in [1.29, 1.82) is 0 Å². The van der Waals surface area contributed by atoms with E-state index in [0.717, 1.165) is 5.56 Å². The van der Waals surface area contributed by atoms with Crippen LogP contribution in [0, 0.1) is 5.82 Å². The summed E-state index contributed by atoms with van der Waals surface area (Å²) < 4.78 is 18.3. The van der Waals surface area contributed by atoms with Crippen LogP contribution in [-0.4, -0.2) is 27.9 Å². The van der Waals surface area contributed by atoms with Gasteiger partial charge in [-0.05, 0) is 42.8 Å². The topological polar surface area (TPSA) is 81.2 Å². The highest BCUT2D eigenvalue weighted by atomic mass is 35.5. The second kappa shape index (κ2) is 8.90. The molecule has 3 rings (SSSR count). The van der Waals surface area contributed by atoms with Crippen LogP contribution in [0.4, 0.5) is 9.52 Å². The van der Waals surface area contributed by atoms with E-state index in [9.17, 15) is 14.0 Å². The minimum absolute atomic E-state index is 0.156. The van der Waals surface area contributed by atoms with Gasteiger partial charge in [-0.1, -0.05) is 18.5 Å². The number of esters is 1. The number of benzene rings is 1. The largest absolute Gasteiger partial charge is 0.449 e. The quantitative estimate of drug-likeness (QED) is 0.467. The van der Waals surface area contributed by atoms with Crippen LogP contribution in [0.5, 0.6) is 0 Å². The summed E-state index contributed by atoms with van der Waals surface area (Å²) in [5.41, 5.74) is 1.54. The number of rotatable bonds is 6. The van der Waals surface area contributed by atoms with Gasteiger partial charge in [0.1, 0.15) is 11.0 Å². The Morgan fingerprint density at radius 1 is 1.29 bits per heavy atom. The van der Waals surface area contributed by atoms with Gasteiger partial charge in [0, 0.05) is 17.1 Å². The number of pyridine rings is 1. The Labute approximate surface area is 169 Å². The summed E-state index contributed by atoms with van der Waals surface area (Å²) in [4.78, 5) is 32.8. The second-order valence-electron chi connectivity index (χ2n) is 5.70. The highest BCUT2D eigenvalue weighted by Crippen LogP contribution is 2.25. The van der Waals surface area contributed by atoms with Gasteiger partial charge in [0.2, 0.25) is 0 Å². The van der Waals surface area contributed by atoms with E-state index in [2.05, 4.69) is 15.3 Å². The number of amides is 1. The first-order chi connectivity index (χ1) is 13.5. The fourth-order valence-corrected chi connectivity index (χ4v) is 3.22. The van der Waals surface area contributed by atoms with Crippen LogP contribution in [0.2, 0.25) is 5.15 Å². The van der Waals surface area contributed by atoms with Crippen LogP contribution in [-0.2, 0) is 9.53 Å². The number of halogens is 2. The molecule has 6 nitrogen and oxygen atoms in total. The summed E-state index contributed by atoms with van der Waals surface area (Å²) in [6, 6.07) is 8.70. The van der Waals surface area contributed by atoms with Gasteiger partial charge < -0.3 is 4.74 Å². The Morgan fingerprint density at radius 2 is 2.04 bits per heavy atom. The fraction of sp³-hybridized carbons (Fsp3) is 0.158. The maximum absolute atomic E-state index is 13.0. The molecule has 0 saturated heterocycles. The number of carbonyl (C=O) groups is 2. The number of hydrogen-bond donors (Lipinski definition) is 1. The van der Waals surface area contributed by atoms with Crippen molar-refractivity contribution >= 4 is 39.9 Å². The number of anilines is 1. The number of nitrogens with zero attached hydrogens (tertiary/aromatic N) is 2. The summed E-state index contributed by atoms with van der Waals surface area (Å²) in [5.74, 6) is -1.50. The van der Waals surface area contributed by atoms with Crippen LogP contribution in [0.3, 0.4) is 0 Å². The van der Waals surface area contributed by atoms with Crippen molar-refractivity contribution in [3.05, 3.63) is 64.5 Å². The molecule has 0 aliphatic heterocycles. The molecule has 9 heteroatoms. The van der Waals surface area contributed by atoms with Crippen molar-refractivity contribution < 1.29 is 18.7 Å². The molecule has 1 unspecified atom stereocenters. The lowest BCUT2D eigenvalue weighted by Gasteiger charge is -2.15. The molecule has 0 bridgehead atoms. The van der Waals surface area contributed by atoms with E-state index in [-0.39, 0.29) is 23.0 Å². The highest BCUT2D eigenvalue weighted by Gasteiger charge is 2.23. The van der Waals surface area contributed by atoms with Crippen LogP contribution >= 0.6 is 22.9 Å². The Morgan fingerprint density at radius 3 is 2.71 bits per heavy atom. The van der Waals surface area contributed by atoms with E-state index >= 15 is 0 Å². The SMILES string of the molecule is CCC(OC(=O)c1ccnc(Cl)c1)C(=O)Nc1nc(-c2ccc(F)cc2)cs1. The molecule has 0 fully saturated rings. The second-order valence-corrected chi connectivity index (χ2v) is 6.95. The van der Waals surface area contributed by atoms with Gasteiger partial charge in [0.05, 0.1) is 11.3 Å². The summed E-state index contributed by atoms with van der Waals surface area (Å²) in [7, 11) is 0. The third kappa shape index (κ3) is 4.90. The average molecular weight is 420 g/mol. The van der Waals surface area contributed by atoms with E-state index in [4.69, 9.17) is 16.3 Å². The van der Waals surface area contributed by atoms with Crippen molar-refractivity contribution in [3.63, 3.8) is 0 Å². The molecule has 144 valence electrons. The van der Waals surface area contributed by atoms with Crippen molar-refractivity contribution in [1.82, 2.24) is 9.97 Å². The first-order valence-corrected chi connectivity index (χ1v) is 9.57. The zero-order valence-electron chi connectivity index (χ0n) is 14.7. The van der Waals surface area contributed by atoms with E-state index in [1.807, 2.05) is 0 Å². The van der Waals surface area contributed by atoms with Gasteiger partial charge in [-0.25, -0.2) is 19.2 Å². The molecule has 3 aromatic rings. The number of nitrogens with one attached hydrogen (secondary N) is 1. The van der Waals surface area contributed by atoms with Crippen LogP contribution < -0.4 is 5.32 Å². The van der Waals surface area contributed by atoms with E-state index < -0.39 is 18.0 Å². The average Bonchev–Trinajstić information content (AvgIpc) is 3.14. The number of carbonyl (C=O) groups excluding carboxylic acids is 2. The summed E-state index contributed by atoms with van der Waals surface area (Å²) in [5, 5.41) is 4.89. The predicted octanol–water partition coefficient (Wildman–Crippen LogP) is 4.57. The van der Waals surface area contributed by atoms with Gasteiger partial charge >= 0.3 is 5.97 Å². The van der Waals surface area contributed by atoms with Gasteiger partial charge in [0.25, 0.3) is 5.91 Å². The fourth-order valence-electron chi connectivity index (χ4n) is 2.32. The lowest BCUT2D eigenvalue weighted by molar-refractivity contribution is -0.124. The smallest absolute Gasteiger partial charge is 0.339 e. The van der Waals surface area contributed by atoms with E-state index in [1.54, 1.807) is 24.4 Å². The molecule has 1 N–H and O–H groups in total. The normalized spacial score (nSPS) is 11.7. The molecule has 0 radical (unpaired) electrons. The number of aromatic nitrogens is 2. The lowest BCUT2D eigenvalue weighted by Crippen LogP contribution is -2.32. The number of ether oxygens (including phenoxy) is 1. The zero-order chi connectivity index (χ0) is 20.1. The molecule has 2 heterocycles. The molecular weight excluding hydrogens is 405 g/mol. The third-order valence-electron chi connectivity index (χ3n) is 3.75. The molecule has 1 aromatic carbocycles. The minimum Gasteiger partial charge on any atom is -0.449 e. The first kappa shape index (κ1) is 19.9. The molecule has 0 aliphatic carbocycles. The maximum Gasteiger partial charge on any atom is 0.339 e. The number of thiazole rings is 1. The minimum atomic E-state index is -0.988. The van der Waals surface area contributed by atoms with Gasteiger partial charge in [-0.2, -0.15) is 0 Å². The van der Waals surface area contributed by atoms with Crippen LogP contribution in [0.15, 0.2) is 48.0 Å². The molecule has 1 amide bonds. The molecule has 1 atom stereocenters. The monoisotopic (exact) mass is 419 g/mol. The molecule has 2 aromatic heterocycles. The van der Waals surface area contributed by atoms with Crippen LogP contribution in [0.1, 0.15) is 23.7 Å². The molecule has 28 heavy (non-hydrogen) atoms. The van der Waals surface area contributed by atoms with Crippen molar-refractivity contribution in [3.8, 4) is 11.3 Å². The Hall–Kier alpha value is -2.84. The first-order valence-electron chi connectivity index (χ1n) is 8.31. The molecular formula is C19H15ClFN3O3S. The molecule has 0 aliphatic rings. The maximum atomic E-state index is 13.0. The lowest BCUT2D eigenvalue weighted by atomic mass is 10.2. The van der Waals surface area contributed by atoms with Crippen molar-refractivity contribution in [2.24, 2.45) is 0 Å². The summed E-state index contributed by atoms with van der Waals surface area (Å²) in [6.07, 6.45) is 0.677. The third-order valence-corrected chi connectivity index (χ3v) is 4.71.